The van der Waals surface area contributed by atoms with E-state index in [9.17, 15) is 11.7 Å². The molecule has 0 N–H and O–H groups in total. The lowest BCUT2D eigenvalue weighted by Crippen LogP contribution is -2.27. The molecule has 0 amide bonds. The number of ether oxygens (including phenoxy) is 2. The van der Waals surface area contributed by atoms with E-state index in [1.807, 2.05) is 0 Å². The molecule has 82 valence electrons. The van der Waals surface area contributed by atoms with Gasteiger partial charge < -0.3 is 9.47 Å². The molecule has 0 bridgehead atoms. The molecule has 0 aliphatic heterocycles. The highest BCUT2D eigenvalue weighted by atomic mass is 32.3. The molecule has 0 aromatic carbocycles. The van der Waals surface area contributed by atoms with Crippen molar-refractivity contribution in [2.45, 2.75) is 6.92 Å². The van der Waals surface area contributed by atoms with Crippen LogP contribution in [0.1, 0.15) is 6.92 Å². The number of hydrogen-bond donors (Lipinski definition) is 0. The highest BCUT2D eigenvalue weighted by Crippen LogP contribution is 2.56. The van der Waals surface area contributed by atoms with E-state index in [0.29, 0.717) is 4.31 Å². The number of nitrogens with zero attached hydrogens (tertiary/aromatic N) is 1. The van der Waals surface area contributed by atoms with Crippen molar-refractivity contribution in [3.63, 3.8) is 0 Å². The molecule has 0 aliphatic rings. The number of methoxy groups -OCH3 is 1. The van der Waals surface area contributed by atoms with Gasteiger partial charge in [0, 0.05) is 20.3 Å². The molecule has 0 rings (SSSR count). The fourth-order valence-electron chi connectivity index (χ4n) is 0.614. The van der Waals surface area contributed by atoms with Gasteiger partial charge in [-0.3, -0.25) is 0 Å². The molecule has 7 heteroatoms. The van der Waals surface area contributed by atoms with Crippen LogP contribution in [0.3, 0.4) is 0 Å². The van der Waals surface area contributed by atoms with E-state index in [4.69, 9.17) is 4.74 Å². The van der Waals surface area contributed by atoms with Crippen molar-refractivity contribution in [1.82, 2.24) is 4.31 Å². The van der Waals surface area contributed by atoms with Crippen LogP contribution in [0.15, 0.2) is 0 Å². The third kappa shape index (κ3) is 6.14. The molecule has 0 aliphatic carbocycles. The summed E-state index contributed by atoms with van der Waals surface area (Å²) < 4.78 is 46.3. The number of hydrogen-bond acceptors (Lipinski definition) is 3. The van der Waals surface area contributed by atoms with Crippen molar-refractivity contribution in [3.05, 3.63) is 0 Å². The summed E-state index contributed by atoms with van der Waals surface area (Å²) in [6.07, 6.45) is 0. The van der Waals surface area contributed by atoms with E-state index in [-0.39, 0.29) is 19.8 Å². The standard InChI is InChI=1S/C6H14F3NO2S/c1-3-12-6-10(4-5-11-2)13(7,8)9/h3-6H2,1-2H3. The molecule has 0 aromatic heterocycles. The first-order valence-corrected chi connectivity index (χ1v) is 5.05. The summed E-state index contributed by atoms with van der Waals surface area (Å²) in [6.45, 7) is 1.41. The number of rotatable bonds is 7. The van der Waals surface area contributed by atoms with Crippen LogP contribution in [0.2, 0.25) is 0 Å². The summed E-state index contributed by atoms with van der Waals surface area (Å²) in [6, 6.07) is 0. The molecule has 0 spiro atoms. The lowest BCUT2D eigenvalue weighted by atomic mass is 10.7. The first kappa shape index (κ1) is 13.0. The second-order valence-electron chi connectivity index (χ2n) is 2.20. The molecule has 0 atom stereocenters. The van der Waals surface area contributed by atoms with Crippen LogP contribution in [0.5, 0.6) is 0 Å². The highest BCUT2D eigenvalue weighted by molar-refractivity contribution is 8.18. The lowest BCUT2D eigenvalue weighted by Gasteiger charge is -2.25. The van der Waals surface area contributed by atoms with Gasteiger partial charge in [0.25, 0.3) is 11.4 Å². The van der Waals surface area contributed by atoms with Crippen LogP contribution >= 0.6 is 11.4 Å². The molecule has 0 unspecified atom stereocenters. The molecular formula is C6H14F3NO2S. The Morgan fingerprint density at radius 3 is 2.31 bits per heavy atom. The summed E-state index contributed by atoms with van der Waals surface area (Å²) in [4.78, 5) is 0. The van der Waals surface area contributed by atoms with Crippen LogP contribution in [0, 0.1) is 0 Å². The van der Waals surface area contributed by atoms with E-state index in [1.54, 1.807) is 6.92 Å². The van der Waals surface area contributed by atoms with Gasteiger partial charge in [-0.2, -0.15) is 4.31 Å². The third-order valence-electron chi connectivity index (χ3n) is 1.28. The zero-order valence-electron chi connectivity index (χ0n) is 7.63. The van der Waals surface area contributed by atoms with E-state index in [0.717, 1.165) is 0 Å². The molecule has 0 fully saturated rings. The monoisotopic (exact) mass is 221 g/mol. The maximum absolute atomic E-state index is 12.2. The first-order valence-electron chi connectivity index (χ1n) is 3.76. The average molecular weight is 221 g/mol. The van der Waals surface area contributed by atoms with Gasteiger partial charge in [-0.05, 0) is 6.92 Å². The Hall–Kier alpha value is 0.0200. The zero-order chi connectivity index (χ0) is 10.3. The van der Waals surface area contributed by atoms with E-state index >= 15 is 0 Å². The van der Waals surface area contributed by atoms with Gasteiger partial charge in [0.2, 0.25) is 0 Å². The first-order chi connectivity index (χ1) is 6.02. The van der Waals surface area contributed by atoms with Crippen molar-refractivity contribution in [2.24, 2.45) is 0 Å². The Bertz CT molecular complexity index is 126. The smallest absolute Gasteiger partial charge is 0.280 e. The molecule has 0 aromatic rings. The van der Waals surface area contributed by atoms with Crippen LogP contribution in [-0.2, 0) is 9.47 Å². The Balaban J connectivity index is 3.88. The van der Waals surface area contributed by atoms with Crippen LogP contribution in [0.4, 0.5) is 11.7 Å². The van der Waals surface area contributed by atoms with Gasteiger partial charge in [-0.1, -0.05) is 0 Å². The topological polar surface area (TPSA) is 21.7 Å². The minimum absolute atomic E-state index is 0.0551. The Morgan fingerprint density at radius 2 is 1.92 bits per heavy atom. The molecular weight excluding hydrogens is 207 g/mol. The molecule has 0 saturated carbocycles. The maximum Gasteiger partial charge on any atom is 0.280 e. The summed E-state index contributed by atoms with van der Waals surface area (Å²) in [5, 5.41) is 0. The van der Waals surface area contributed by atoms with Gasteiger partial charge in [-0.25, -0.2) is 0 Å². The quantitative estimate of drug-likeness (QED) is 0.616. The van der Waals surface area contributed by atoms with Crippen LogP contribution in [-0.4, -0.2) is 37.9 Å². The predicted molar refractivity (Wildman–Crippen MR) is 46.0 cm³/mol. The summed E-state index contributed by atoms with van der Waals surface area (Å²) >= 11 is -5.18. The SMILES string of the molecule is CCOCN(CCOC)S(F)(F)F. The normalized spacial score (nSPS) is 13.7. The van der Waals surface area contributed by atoms with E-state index in [1.165, 1.54) is 7.11 Å². The van der Waals surface area contributed by atoms with Crippen molar-refractivity contribution < 1.29 is 21.1 Å². The largest absolute Gasteiger partial charge is 0.383 e. The third-order valence-corrected chi connectivity index (χ3v) is 2.15. The van der Waals surface area contributed by atoms with Crippen molar-refractivity contribution in [2.75, 3.05) is 33.6 Å². The minimum atomic E-state index is -5.18. The maximum atomic E-state index is 12.2. The molecule has 13 heavy (non-hydrogen) atoms. The van der Waals surface area contributed by atoms with Crippen molar-refractivity contribution >= 4 is 11.4 Å². The summed E-state index contributed by atoms with van der Waals surface area (Å²) in [5.74, 6) is 0. The van der Waals surface area contributed by atoms with Crippen molar-refractivity contribution in [1.29, 1.82) is 0 Å². The number of halogens is 3. The predicted octanol–water partition coefficient (Wildman–Crippen LogP) is 2.30. The molecule has 0 saturated heterocycles. The van der Waals surface area contributed by atoms with Gasteiger partial charge in [0.1, 0.15) is 6.73 Å². The summed E-state index contributed by atoms with van der Waals surface area (Å²) in [7, 11) is 1.37. The second-order valence-corrected chi connectivity index (χ2v) is 3.48. The Kier molecular flexibility index (Phi) is 6.48. The van der Waals surface area contributed by atoms with Crippen molar-refractivity contribution in [3.8, 4) is 0 Å². The van der Waals surface area contributed by atoms with Crippen LogP contribution in [0.25, 0.3) is 0 Å². The Morgan fingerprint density at radius 1 is 1.31 bits per heavy atom. The van der Waals surface area contributed by atoms with Gasteiger partial charge >= 0.3 is 0 Å². The van der Waals surface area contributed by atoms with Gasteiger partial charge in [0.05, 0.1) is 6.61 Å². The second kappa shape index (κ2) is 6.47. The van der Waals surface area contributed by atoms with Gasteiger partial charge in [0.15, 0.2) is 0 Å². The molecule has 3 nitrogen and oxygen atoms in total. The fourth-order valence-corrected chi connectivity index (χ4v) is 1.09. The van der Waals surface area contributed by atoms with Crippen LogP contribution < -0.4 is 0 Å². The van der Waals surface area contributed by atoms with E-state index < -0.39 is 18.1 Å². The summed E-state index contributed by atoms with van der Waals surface area (Å²) in [5.41, 5.74) is 0. The molecule has 0 radical (unpaired) electrons. The lowest BCUT2D eigenvalue weighted by molar-refractivity contribution is 0.0622. The highest BCUT2D eigenvalue weighted by Gasteiger charge is 2.30. The molecule has 0 heterocycles. The van der Waals surface area contributed by atoms with E-state index in [2.05, 4.69) is 4.74 Å². The average Bonchev–Trinajstić information content (AvgIpc) is 2.02. The minimum Gasteiger partial charge on any atom is -0.383 e. The zero-order valence-corrected chi connectivity index (χ0v) is 8.45. The Labute approximate surface area is 78.1 Å². The van der Waals surface area contributed by atoms with Gasteiger partial charge in [-0.15, -0.1) is 11.7 Å². The fraction of sp³-hybridized carbons (Fsp3) is 1.00.